The first-order valence-electron chi connectivity index (χ1n) is 10.2. The standard InChI is InChI=1S/C24H23N5O2/c1-14-19(16-9-6-10-17(21(25)30)20(16)31-14)23-27-22(18-11-12-29(2)24(18)28-23)26-13-15-7-4-3-5-8-15/h3-10H,11-13H2,1-2H3,(H2,25,30)(H,26,27,28). The van der Waals surface area contributed by atoms with Gasteiger partial charge in [0, 0.05) is 31.1 Å². The van der Waals surface area contributed by atoms with E-state index in [0.717, 1.165) is 41.1 Å². The maximum atomic E-state index is 11.9. The molecule has 1 aliphatic heterocycles. The number of carbonyl (C=O) groups is 1. The zero-order chi connectivity index (χ0) is 21.5. The van der Waals surface area contributed by atoms with Crippen LogP contribution in [-0.2, 0) is 13.0 Å². The number of para-hydroxylation sites is 1. The lowest BCUT2D eigenvalue weighted by Crippen LogP contribution is -2.14. The lowest BCUT2D eigenvalue weighted by molar-refractivity contribution is 0.100. The largest absolute Gasteiger partial charge is 0.460 e. The van der Waals surface area contributed by atoms with Gasteiger partial charge in [-0.25, -0.2) is 9.97 Å². The quantitative estimate of drug-likeness (QED) is 0.515. The van der Waals surface area contributed by atoms with Crippen molar-refractivity contribution in [2.75, 3.05) is 23.8 Å². The Morgan fingerprint density at radius 3 is 2.74 bits per heavy atom. The Morgan fingerprint density at radius 1 is 1.16 bits per heavy atom. The van der Waals surface area contributed by atoms with Gasteiger partial charge in [0.1, 0.15) is 23.0 Å². The average Bonchev–Trinajstić information content (AvgIpc) is 3.31. The van der Waals surface area contributed by atoms with E-state index in [1.807, 2.05) is 38.2 Å². The summed E-state index contributed by atoms with van der Waals surface area (Å²) in [6.45, 7) is 3.42. The Hall–Kier alpha value is -3.87. The molecule has 2 aromatic carbocycles. The van der Waals surface area contributed by atoms with Gasteiger partial charge in [-0.2, -0.15) is 0 Å². The molecular formula is C24H23N5O2. The third-order valence-corrected chi connectivity index (χ3v) is 5.73. The van der Waals surface area contributed by atoms with Gasteiger partial charge in [-0.1, -0.05) is 42.5 Å². The number of fused-ring (bicyclic) bond motifs is 2. The van der Waals surface area contributed by atoms with Crippen LogP contribution in [0.3, 0.4) is 0 Å². The second-order valence-electron chi connectivity index (χ2n) is 7.79. The summed E-state index contributed by atoms with van der Waals surface area (Å²) in [5.41, 5.74) is 9.44. The van der Waals surface area contributed by atoms with Gasteiger partial charge in [0.2, 0.25) is 0 Å². The van der Waals surface area contributed by atoms with Gasteiger partial charge >= 0.3 is 0 Å². The van der Waals surface area contributed by atoms with Gasteiger partial charge < -0.3 is 20.4 Å². The molecule has 7 heteroatoms. The Labute approximate surface area is 179 Å². The van der Waals surface area contributed by atoms with E-state index in [-0.39, 0.29) is 0 Å². The van der Waals surface area contributed by atoms with Crippen molar-refractivity contribution >= 4 is 28.5 Å². The van der Waals surface area contributed by atoms with Crippen molar-refractivity contribution < 1.29 is 9.21 Å². The number of rotatable bonds is 5. The van der Waals surface area contributed by atoms with Crippen molar-refractivity contribution in [1.82, 2.24) is 9.97 Å². The molecular weight excluding hydrogens is 390 g/mol. The number of nitrogens with two attached hydrogens (primary N) is 1. The van der Waals surface area contributed by atoms with Gasteiger partial charge in [0.25, 0.3) is 5.91 Å². The molecule has 0 atom stereocenters. The van der Waals surface area contributed by atoms with Crippen molar-refractivity contribution in [3.8, 4) is 11.4 Å². The number of hydrogen-bond donors (Lipinski definition) is 2. The number of benzene rings is 2. The minimum Gasteiger partial charge on any atom is -0.460 e. The number of nitrogens with one attached hydrogen (secondary N) is 1. The number of aromatic nitrogens is 2. The van der Waals surface area contributed by atoms with Crippen LogP contribution in [0.4, 0.5) is 11.6 Å². The summed E-state index contributed by atoms with van der Waals surface area (Å²) >= 11 is 0. The highest BCUT2D eigenvalue weighted by Crippen LogP contribution is 2.38. The normalized spacial score (nSPS) is 12.9. The predicted molar refractivity (Wildman–Crippen MR) is 121 cm³/mol. The van der Waals surface area contributed by atoms with Crippen LogP contribution in [0.5, 0.6) is 0 Å². The summed E-state index contributed by atoms with van der Waals surface area (Å²) in [5.74, 6) is 2.44. The highest BCUT2D eigenvalue weighted by Gasteiger charge is 2.26. The summed E-state index contributed by atoms with van der Waals surface area (Å²) < 4.78 is 5.95. The number of furan rings is 1. The van der Waals surface area contributed by atoms with E-state index in [1.54, 1.807) is 12.1 Å². The molecule has 0 unspecified atom stereocenters. The molecule has 0 spiro atoms. The van der Waals surface area contributed by atoms with Crippen molar-refractivity contribution in [3.05, 3.63) is 71.0 Å². The van der Waals surface area contributed by atoms with Crippen LogP contribution >= 0.6 is 0 Å². The van der Waals surface area contributed by atoms with E-state index in [2.05, 4.69) is 22.3 Å². The SMILES string of the molecule is Cc1oc2c(C(N)=O)cccc2c1-c1nc(NCc2ccccc2)c2c(n1)N(C)CC2. The number of carbonyl (C=O) groups excluding carboxylic acids is 1. The minimum atomic E-state index is -0.522. The van der Waals surface area contributed by atoms with Gasteiger partial charge in [0.15, 0.2) is 5.82 Å². The fraction of sp³-hybridized carbons (Fsp3) is 0.208. The van der Waals surface area contributed by atoms with Gasteiger partial charge in [-0.05, 0) is 25.0 Å². The number of aryl methyl sites for hydroxylation is 1. The van der Waals surface area contributed by atoms with Crippen molar-refractivity contribution in [3.63, 3.8) is 0 Å². The lowest BCUT2D eigenvalue weighted by Gasteiger charge is -2.15. The van der Waals surface area contributed by atoms with E-state index >= 15 is 0 Å². The fourth-order valence-electron chi connectivity index (χ4n) is 4.15. The Morgan fingerprint density at radius 2 is 1.97 bits per heavy atom. The van der Waals surface area contributed by atoms with Crippen LogP contribution in [0.1, 0.15) is 27.2 Å². The molecule has 2 aromatic heterocycles. The minimum absolute atomic E-state index is 0.354. The molecule has 3 heterocycles. The van der Waals surface area contributed by atoms with E-state index < -0.39 is 5.91 Å². The Bertz CT molecular complexity index is 1300. The second kappa shape index (κ2) is 7.43. The van der Waals surface area contributed by atoms with Crippen LogP contribution in [0, 0.1) is 6.92 Å². The number of primary amides is 1. The topological polar surface area (TPSA) is 97.3 Å². The van der Waals surface area contributed by atoms with E-state index in [1.165, 1.54) is 5.56 Å². The average molecular weight is 413 g/mol. The summed E-state index contributed by atoms with van der Waals surface area (Å²) in [5, 5.41) is 4.28. The molecule has 0 bridgehead atoms. The third-order valence-electron chi connectivity index (χ3n) is 5.73. The number of hydrogen-bond acceptors (Lipinski definition) is 6. The van der Waals surface area contributed by atoms with Crippen LogP contribution in [0.25, 0.3) is 22.4 Å². The van der Waals surface area contributed by atoms with Crippen LogP contribution < -0.4 is 16.0 Å². The zero-order valence-corrected chi connectivity index (χ0v) is 17.5. The van der Waals surface area contributed by atoms with Crippen LogP contribution in [-0.4, -0.2) is 29.5 Å². The number of likely N-dealkylation sites (N-methyl/N-ethyl adjacent to an activating group) is 1. The molecule has 3 N–H and O–H groups in total. The first-order chi connectivity index (χ1) is 15.0. The van der Waals surface area contributed by atoms with E-state index in [4.69, 9.17) is 20.1 Å². The number of nitrogens with zero attached hydrogens (tertiary/aromatic N) is 3. The van der Waals surface area contributed by atoms with Gasteiger partial charge in [0.05, 0.1) is 11.1 Å². The molecule has 0 saturated heterocycles. The number of amides is 1. The van der Waals surface area contributed by atoms with Gasteiger partial charge in [-0.15, -0.1) is 0 Å². The zero-order valence-electron chi connectivity index (χ0n) is 17.5. The molecule has 0 aliphatic carbocycles. The predicted octanol–water partition coefficient (Wildman–Crippen LogP) is 3.90. The summed E-state index contributed by atoms with van der Waals surface area (Å²) in [4.78, 5) is 23.8. The molecule has 0 fully saturated rings. The van der Waals surface area contributed by atoms with E-state index in [9.17, 15) is 4.79 Å². The second-order valence-corrected chi connectivity index (χ2v) is 7.79. The molecule has 5 rings (SSSR count). The molecule has 1 aliphatic rings. The molecule has 0 saturated carbocycles. The van der Waals surface area contributed by atoms with Crippen molar-refractivity contribution in [2.24, 2.45) is 5.73 Å². The van der Waals surface area contributed by atoms with Crippen LogP contribution in [0.2, 0.25) is 0 Å². The maximum absolute atomic E-state index is 11.9. The molecule has 156 valence electrons. The first kappa shape index (κ1) is 19.1. The molecule has 0 radical (unpaired) electrons. The molecule has 4 aromatic rings. The molecule has 7 nitrogen and oxygen atoms in total. The van der Waals surface area contributed by atoms with Gasteiger partial charge in [-0.3, -0.25) is 4.79 Å². The fourth-order valence-corrected chi connectivity index (χ4v) is 4.15. The van der Waals surface area contributed by atoms with Crippen molar-refractivity contribution in [2.45, 2.75) is 19.9 Å². The first-order valence-corrected chi connectivity index (χ1v) is 10.2. The smallest absolute Gasteiger partial charge is 0.252 e. The monoisotopic (exact) mass is 413 g/mol. The molecule has 31 heavy (non-hydrogen) atoms. The maximum Gasteiger partial charge on any atom is 0.252 e. The third kappa shape index (κ3) is 3.28. The van der Waals surface area contributed by atoms with Crippen LogP contribution in [0.15, 0.2) is 52.9 Å². The summed E-state index contributed by atoms with van der Waals surface area (Å²) in [6.07, 6.45) is 0.889. The Kier molecular flexibility index (Phi) is 4.58. The highest BCUT2D eigenvalue weighted by atomic mass is 16.3. The lowest BCUT2D eigenvalue weighted by atomic mass is 10.1. The Balaban J connectivity index is 1.64. The van der Waals surface area contributed by atoms with E-state index in [0.29, 0.717) is 29.3 Å². The summed E-state index contributed by atoms with van der Waals surface area (Å²) in [7, 11) is 2.04. The molecule has 1 amide bonds. The van der Waals surface area contributed by atoms with Crippen molar-refractivity contribution in [1.29, 1.82) is 0 Å². The summed E-state index contributed by atoms with van der Waals surface area (Å²) in [6, 6.07) is 15.6. The number of anilines is 2. The highest BCUT2D eigenvalue weighted by molar-refractivity contribution is 6.08.